The number of aryl methyl sites for hydroxylation is 1. The summed E-state index contributed by atoms with van der Waals surface area (Å²) in [5, 5.41) is 0. The Kier molecular flexibility index (Phi) is 4.71. The predicted octanol–water partition coefficient (Wildman–Crippen LogP) is 1.16. The zero-order chi connectivity index (χ0) is 13.8. The monoisotopic (exact) mass is 263 g/mol. The van der Waals surface area contributed by atoms with Crippen LogP contribution in [0.4, 0.5) is 5.95 Å². The Bertz CT molecular complexity index is 420. The van der Waals surface area contributed by atoms with Crippen molar-refractivity contribution in [1.29, 1.82) is 0 Å². The van der Waals surface area contributed by atoms with Crippen LogP contribution in [0.15, 0.2) is 6.07 Å². The van der Waals surface area contributed by atoms with Crippen LogP contribution in [0.25, 0.3) is 0 Å². The van der Waals surface area contributed by atoms with Gasteiger partial charge in [-0.05, 0) is 39.4 Å². The number of hydrogen-bond acceptors (Lipinski definition) is 5. The van der Waals surface area contributed by atoms with E-state index in [1.165, 1.54) is 0 Å². The summed E-state index contributed by atoms with van der Waals surface area (Å²) in [6.07, 6.45) is 2.27. The van der Waals surface area contributed by atoms with E-state index >= 15 is 0 Å². The molecule has 0 radical (unpaired) electrons. The largest absolute Gasteiger partial charge is 0.337 e. The van der Waals surface area contributed by atoms with Crippen molar-refractivity contribution in [1.82, 2.24) is 14.9 Å². The van der Waals surface area contributed by atoms with Crippen molar-refractivity contribution < 1.29 is 0 Å². The number of hydrogen-bond donors (Lipinski definition) is 1. The summed E-state index contributed by atoms with van der Waals surface area (Å²) in [5.74, 6) is 0.850. The summed E-state index contributed by atoms with van der Waals surface area (Å²) in [7, 11) is 2.19. The van der Waals surface area contributed by atoms with E-state index in [1.54, 1.807) is 0 Å². The van der Waals surface area contributed by atoms with Crippen molar-refractivity contribution in [3.63, 3.8) is 0 Å². The first kappa shape index (κ1) is 14.2. The standard InChI is InChI=1S/C14H25N5/c1-4-13-10-18(3)6-5-7-19(13)14-16-11(2)8-12(9-15)17-14/h8,13H,4-7,9-10,15H2,1-3H3. The highest BCUT2D eigenvalue weighted by atomic mass is 15.3. The van der Waals surface area contributed by atoms with E-state index in [1.807, 2.05) is 13.0 Å². The van der Waals surface area contributed by atoms with Crippen LogP contribution in [0.2, 0.25) is 0 Å². The average molecular weight is 263 g/mol. The van der Waals surface area contributed by atoms with Gasteiger partial charge in [-0.3, -0.25) is 0 Å². The van der Waals surface area contributed by atoms with Crippen molar-refractivity contribution in [2.45, 2.75) is 39.3 Å². The van der Waals surface area contributed by atoms with Crippen molar-refractivity contribution in [3.8, 4) is 0 Å². The van der Waals surface area contributed by atoms with Gasteiger partial charge >= 0.3 is 0 Å². The van der Waals surface area contributed by atoms with Crippen LogP contribution in [0.1, 0.15) is 31.2 Å². The first-order valence-corrected chi connectivity index (χ1v) is 7.13. The quantitative estimate of drug-likeness (QED) is 0.887. The van der Waals surface area contributed by atoms with Crippen LogP contribution in [-0.4, -0.2) is 47.6 Å². The van der Waals surface area contributed by atoms with Gasteiger partial charge < -0.3 is 15.5 Å². The molecule has 0 amide bonds. The molecule has 19 heavy (non-hydrogen) atoms. The molecule has 0 spiro atoms. The number of aromatic nitrogens is 2. The summed E-state index contributed by atoms with van der Waals surface area (Å²) >= 11 is 0. The van der Waals surface area contributed by atoms with E-state index < -0.39 is 0 Å². The third kappa shape index (κ3) is 3.42. The average Bonchev–Trinajstić information content (AvgIpc) is 2.59. The second-order valence-electron chi connectivity index (χ2n) is 5.38. The van der Waals surface area contributed by atoms with Crippen molar-refractivity contribution in [2.75, 3.05) is 31.6 Å². The van der Waals surface area contributed by atoms with Crippen LogP contribution in [-0.2, 0) is 6.54 Å². The molecule has 1 fully saturated rings. The number of nitrogens with two attached hydrogens (primary N) is 1. The Morgan fingerprint density at radius 3 is 2.84 bits per heavy atom. The molecule has 5 heteroatoms. The lowest BCUT2D eigenvalue weighted by molar-refractivity contribution is 0.327. The molecule has 1 atom stereocenters. The zero-order valence-corrected chi connectivity index (χ0v) is 12.3. The minimum absolute atomic E-state index is 0.473. The molecule has 1 saturated heterocycles. The first-order valence-electron chi connectivity index (χ1n) is 7.13. The van der Waals surface area contributed by atoms with Gasteiger partial charge in [0.05, 0.1) is 5.69 Å². The maximum absolute atomic E-state index is 5.72. The molecular weight excluding hydrogens is 238 g/mol. The predicted molar refractivity (Wildman–Crippen MR) is 78.2 cm³/mol. The van der Waals surface area contributed by atoms with Crippen molar-refractivity contribution in [3.05, 3.63) is 17.5 Å². The van der Waals surface area contributed by atoms with Crippen molar-refractivity contribution >= 4 is 5.95 Å². The minimum Gasteiger partial charge on any atom is -0.337 e. The molecule has 1 aliphatic heterocycles. The Morgan fingerprint density at radius 1 is 1.37 bits per heavy atom. The molecule has 2 N–H and O–H groups in total. The first-order chi connectivity index (χ1) is 9.13. The number of likely N-dealkylation sites (N-methyl/N-ethyl adjacent to an activating group) is 1. The van der Waals surface area contributed by atoms with Gasteiger partial charge in [0, 0.05) is 31.4 Å². The van der Waals surface area contributed by atoms with Crippen LogP contribution >= 0.6 is 0 Å². The topological polar surface area (TPSA) is 58.3 Å². The third-order valence-corrected chi connectivity index (χ3v) is 3.73. The molecule has 1 unspecified atom stereocenters. The van der Waals surface area contributed by atoms with Gasteiger partial charge in [-0.15, -0.1) is 0 Å². The normalized spacial score (nSPS) is 21.5. The van der Waals surface area contributed by atoms with E-state index in [0.717, 1.165) is 49.8 Å². The van der Waals surface area contributed by atoms with Gasteiger partial charge in [0.15, 0.2) is 0 Å². The van der Waals surface area contributed by atoms with E-state index in [4.69, 9.17) is 5.73 Å². The number of nitrogens with zero attached hydrogens (tertiary/aromatic N) is 4. The maximum atomic E-state index is 5.72. The highest BCUT2D eigenvalue weighted by molar-refractivity contribution is 5.34. The van der Waals surface area contributed by atoms with E-state index in [9.17, 15) is 0 Å². The SMILES string of the molecule is CCC1CN(C)CCCN1c1nc(C)cc(CN)n1. The molecule has 0 bridgehead atoms. The lowest BCUT2D eigenvalue weighted by Gasteiger charge is -2.30. The lowest BCUT2D eigenvalue weighted by Crippen LogP contribution is -2.41. The van der Waals surface area contributed by atoms with Gasteiger partial charge in [0.25, 0.3) is 0 Å². The highest BCUT2D eigenvalue weighted by Crippen LogP contribution is 2.19. The number of anilines is 1. The fourth-order valence-corrected chi connectivity index (χ4v) is 2.71. The maximum Gasteiger partial charge on any atom is 0.226 e. The van der Waals surface area contributed by atoms with Gasteiger partial charge in [-0.2, -0.15) is 0 Å². The molecular formula is C14H25N5. The summed E-state index contributed by atoms with van der Waals surface area (Å²) in [6, 6.07) is 2.45. The fraction of sp³-hybridized carbons (Fsp3) is 0.714. The molecule has 1 aliphatic rings. The molecule has 0 saturated carbocycles. The second-order valence-corrected chi connectivity index (χ2v) is 5.38. The molecule has 0 aromatic carbocycles. The summed E-state index contributed by atoms with van der Waals surface area (Å²) in [6.45, 7) is 7.96. The third-order valence-electron chi connectivity index (χ3n) is 3.73. The van der Waals surface area contributed by atoms with Gasteiger partial charge in [0.2, 0.25) is 5.95 Å². The summed E-state index contributed by atoms with van der Waals surface area (Å²) < 4.78 is 0. The van der Waals surface area contributed by atoms with E-state index in [-0.39, 0.29) is 0 Å². The van der Waals surface area contributed by atoms with E-state index in [2.05, 4.69) is 33.7 Å². The molecule has 0 aliphatic carbocycles. The molecule has 1 aromatic heterocycles. The van der Waals surface area contributed by atoms with E-state index in [0.29, 0.717) is 12.6 Å². The Hall–Kier alpha value is -1.20. The number of rotatable bonds is 3. The lowest BCUT2D eigenvalue weighted by atomic mass is 10.2. The fourth-order valence-electron chi connectivity index (χ4n) is 2.71. The van der Waals surface area contributed by atoms with Gasteiger partial charge in [-0.25, -0.2) is 9.97 Å². The Morgan fingerprint density at radius 2 is 2.16 bits per heavy atom. The molecule has 5 nitrogen and oxygen atoms in total. The minimum atomic E-state index is 0.473. The Balaban J connectivity index is 2.29. The molecule has 106 valence electrons. The van der Waals surface area contributed by atoms with Crippen LogP contribution < -0.4 is 10.6 Å². The van der Waals surface area contributed by atoms with Crippen LogP contribution in [0, 0.1) is 6.92 Å². The Labute approximate surface area is 115 Å². The van der Waals surface area contributed by atoms with Crippen LogP contribution in [0.3, 0.4) is 0 Å². The molecule has 2 rings (SSSR count). The van der Waals surface area contributed by atoms with Gasteiger partial charge in [-0.1, -0.05) is 6.92 Å². The highest BCUT2D eigenvalue weighted by Gasteiger charge is 2.24. The second kappa shape index (κ2) is 6.30. The smallest absolute Gasteiger partial charge is 0.226 e. The molecule has 1 aromatic rings. The summed E-state index contributed by atoms with van der Waals surface area (Å²) in [4.78, 5) is 14.0. The van der Waals surface area contributed by atoms with Crippen molar-refractivity contribution in [2.24, 2.45) is 5.73 Å². The van der Waals surface area contributed by atoms with Gasteiger partial charge in [0.1, 0.15) is 0 Å². The zero-order valence-electron chi connectivity index (χ0n) is 12.3. The van der Waals surface area contributed by atoms with Crippen LogP contribution in [0.5, 0.6) is 0 Å². The molecule has 2 heterocycles. The summed E-state index contributed by atoms with van der Waals surface area (Å²) in [5.41, 5.74) is 7.64.